The Morgan fingerprint density at radius 2 is 1.74 bits per heavy atom. The number of nitrogens with zero attached hydrogens (tertiary/aromatic N) is 4. The molecule has 1 aliphatic rings. The van der Waals surface area contributed by atoms with Crippen LogP contribution in [0.5, 0.6) is 0 Å². The fraction of sp³-hybridized carbons (Fsp3) is 0.400. The van der Waals surface area contributed by atoms with E-state index in [1.54, 1.807) is 0 Å². The maximum atomic E-state index is 13.0. The summed E-state index contributed by atoms with van der Waals surface area (Å²) < 4.78 is 44.4. The predicted molar refractivity (Wildman–Crippen MR) is 126 cm³/mol. The van der Waals surface area contributed by atoms with Crippen molar-refractivity contribution in [2.24, 2.45) is 0 Å². The van der Waals surface area contributed by atoms with E-state index in [0.717, 1.165) is 28.9 Å². The van der Waals surface area contributed by atoms with Crippen LogP contribution in [0.1, 0.15) is 35.5 Å². The number of benzene rings is 2. The van der Waals surface area contributed by atoms with E-state index in [-0.39, 0.29) is 23.3 Å². The van der Waals surface area contributed by atoms with Crippen molar-refractivity contribution >= 4 is 11.6 Å². The van der Waals surface area contributed by atoms with Crippen molar-refractivity contribution in [3.8, 4) is 11.4 Å². The highest BCUT2D eigenvalue weighted by atomic mass is 19.4. The van der Waals surface area contributed by atoms with Gasteiger partial charge in [0.25, 0.3) is 0 Å². The number of carbonyl (C=O) groups excluding carboxylic acids is 1. The van der Waals surface area contributed by atoms with Crippen molar-refractivity contribution < 1.29 is 22.5 Å². The SMILES string of the molecule is Cc1cccc(C)c1NC(=O)CN1CCN([C@H](C)c2nc(-c3cccc(C(F)(F)F)c3)no2)CC1. The molecule has 35 heavy (non-hydrogen) atoms. The molecule has 1 atom stereocenters. The van der Waals surface area contributed by atoms with Gasteiger partial charge in [-0.1, -0.05) is 35.5 Å². The van der Waals surface area contributed by atoms with Gasteiger partial charge in [-0.05, 0) is 44.0 Å². The maximum absolute atomic E-state index is 13.0. The molecule has 1 aliphatic heterocycles. The van der Waals surface area contributed by atoms with Crippen LogP contribution < -0.4 is 5.32 Å². The van der Waals surface area contributed by atoms with Gasteiger partial charge >= 0.3 is 6.18 Å². The van der Waals surface area contributed by atoms with Crippen molar-refractivity contribution in [3.05, 3.63) is 65.0 Å². The molecule has 0 saturated carbocycles. The summed E-state index contributed by atoms with van der Waals surface area (Å²) in [5.74, 6) is 0.421. The van der Waals surface area contributed by atoms with Gasteiger partial charge in [0, 0.05) is 37.4 Å². The molecule has 1 amide bonds. The van der Waals surface area contributed by atoms with Gasteiger partial charge in [0.05, 0.1) is 18.2 Å². The summed E-state index contributed by atoms with van der Waals surface area (Å²) in [6, 6.07) is 10.6. The number of alkyl halides is 3. The molecule has 2 aromatic carbocycles. The molecule has 1 fully saturated rings. The van der Waals surface area contributed by atoms with Gasteiger partial charge in [-0.25, -0.2) is 0 Å². The summed E-state index contributed by atoms with van der Waals surface area (Å²) in [6.45, 7) is 8.94. The van der Waals surface area contributed by atoms with Crippen LogP contribution in [0.2, 0.25) is 0 Å². The van der Waals surface area contributed by atoms with Crippen LogP contribution in [0.15, 0.2) is 47.0 Å². The van der Waals surface area contributed by atoms with Crippen LogP contribution in [0.4, 0.5) is 18.9 Å². The van der Waals surface area contributed by atoms with Crippen molar-refractivity contribution in [2.75, 3.05) is 38.0 Å². The van der Waals surface area contributed by atoms with Gasteiger partial charge in [-0.15, -0.1) is 0 Å². The molecule has 1 aromatic heterocycles. The molecule has 10 heteroatoms. The van der Waals surface area contributed by atoms with Gasteiger partial charge < -0.3 is 9.84 Å². The molecule has 2 heterocycles. The van der Waals surface area contributed by atoms with E-state index in [9.17, 15) is 18.0 Å². The van der Waals surface area contributed by atoms with Crippen LogP contribution in [-0.4, -0.2) is 58.6 Å². The molecule has 1 saturated heterocycles. The second-order valence-electron chi connectivity index (χ2n) is 8.84. The Bertz CT molecular complexity index is 1170. The molecule has 3 aromatic rings. The van der Waals surface area contributed by atoms with E-state index in [4.69, 9.17) is 4.52 Å². The van der Waals surface area contributed by atoms with E-state index in [2.05, 4.69) is 25.3 Å². The Hall–Kier alpha value is -3.24. The zero-order chi connectivity index (χ0) is 25.2. The number of hydrogen-bond acceptors (Lipinski definition) is 6. The molecule has 1 N–H and O–H groups in total. The Morgan fingerprint density at radius 1 is 1.09 bits per heavy atom. The number of anilines is 1. The predicted octanol–water partition coefficient (Wildman–Crippen LogP) is 4.69. The quantitative estimate of drug-likeness (QED) is 0.544. The van der Waals surface area contributed by atoms with Crippen LogP contribution >= 0.6 is 0 Å². The summed E-state index contributed by atoms with van der Waals surface area (Å²) in [5.41, 5.74) is 2.41. The van der Waals surface area contributed by atoms with Crippen LogP contribution in [-0.2, 0) is 11.0 Å². The monoisotopic (exact) mass is 487 g/mol. The highest BCUT2D eigenvalue weighted by Gasteiger charge is 2.31. The largest absolute Gasteiger partial charge is 0.416 e. The first-order chi connectivity index (χ1) is 16.6. The minimum atomic E-state index is -4.44. The number of halogens is 3. The van der Waals surface area contributed by atoms with Crippen molar-refractivity contribution in [3.63, 3.8) is 0 Å². The Morgan fingerprint density at radius 3 is 2.40 bits per heavy atom. The van der Waals surface area contributed by atoms with E-state index in [0.29, 0.717) is 38.6 Å². The average molecular weight is 488 g/mol. The summed E-state index contributed by atoms with van der Waals surface area (Å²) in [4.78, 5) is 21.2. The normalized spacial score (nSPS) is 16.3. The lowest BCUT2D eigenvalue weighted by Gasteiger charge is -2.36. The molecule has 0 radical (unpaired) electrons. The zero-order valence-electron chi connectivity index (χ0n) is 19.9. The zero-order valence-corrected chi connectivity index (χ0v) is 19.9. The fourth-order valence-corrected chi connectivity index (χ4v) is 4.22. The van der Waals surface area contributed by atoms with E-state index >= 15 is 0 Å². The Balaban J connectivity index is 1.32. The lowest BCUT2D eigenvalue weighted by atomic mass is 10.1. The second-order valence-corrected chi connectivity index (χ2v) is 8.84. The number of hydrogen-bond donors (Lipinski definition) is 1. The average Bonchev–Trinajstić information content (AvgIpc) is 3.32. The molecule has 4 rings (SSSR count). The summed E-state index contributed by atoms with van der Waals surface area (Å²) in [7, 11) is 0. The molecule has 0 bridgehead atoms. The molecule has 0 aliphatic carbocycles. The van der Waals surface area contributed by atoms with Gasteiger partial charge in [0.1, 0.15) is 0 Å². The Labute approximate surface area is 201 Å². The molecule has 186 valence electrons. The third kappa shape index (κ3) is 5.88. The second kappa shape index (κ2) is 10.2. The maximum Gasteiger partial charge on any atom is 0.416 e. The van der Waals surface area contributed by atoms with Crippen molar-refractivity contribution in [2.45, 2.75) is 33.0 Å². The van der Waals surface area contributed by atoms with E-state index in [1.807, 2.05) is 39.0 Å². The van der Waals surface area contributed by atoms with Crippen LogP contribution in [0.25, 0.3) is 11.4 Å². The van der Waals surface area contributed by atoms with E-state index < -0.39 is 11.7 Å². The van der Waals surface area contributed by atoms with Gasteiger partial charge in [-0.2, -0.15) is 18.2 Å². The third-order valence-electron chi connectivity index (χ3n) is 6.31. The van der Waals surface area contributed by atoms with Crippen molar-refractivity contribution in [1.82, 2.24) is 19.9 Å². The number of aromatic nitrogens is 2. The summed E-state index contributed by atoms with van der Waals surface area (Å²) in [6.07, 6.45) is -4.44. The summed E-state index contributed by atoms with van der Waals surface area (Å²) in [5, 5.41) is 6.91. The third-order valence-corrected chi connectivity index (χ3v) is 6.31. The highest BCUT2D eigenvalue weighted by Crippen LogP contribution is 2.32. The first-order valence-electron chi connectivity index (χ1n) is 11.5. The number of aryl methyl sites for hydroxylation is 2. The summed E-state index contributed by atoms with van der Waals surface area (Å²) >= 11 is 0. The van der Waals surface area contributed by atoms with E-state index in [1.165, 1.54) is 12.1 Å². The lowest BCUT2D eigenvalue weighted by Crippen LogP contribution is -2.49. The number of para-hydroxylation sites is 1. The first-order valence-corrected chi connectivity index (χ1v) is 11.5. The van der Waals surface area contributed by atoms with Crippen LogP contribution in [0.3, 0.4) is 0 Å². The number of nitrogens with one attached hydrogen (secondary N) is 1. The number of carbonyl (C=O) groups is 1. The minimum Gasteiger partial charge on any atom is -0.337 e. The lowest BCUT2D eigenvalue weighted by molar-refractivity contribution is -0.137. The van der Waals surface area contributed by atoms with Crippen LogP contribution in [0, 0.1) is 13.8 Å². The highest BCUT2D eigenvalue weighted by molar-refractivity contribution is 5.93. The Kier molecular flexibility index (Phi) is 7.23. The van der Waals surface area contributed by atoms with Gasteiger partial charge in [0.2, 0.25) is 17.6 Å². The van der Waals surface area contributed by atoms with Crippen molar-refractivity contribution in [1.29, 1.82) is 0 Å². The molecule has 0 unspecified atom stereocenters. The first kappa shape index (κ1) is 24.9. The minimum absolute atomic E-state index is 0.0495. The number of amides is 1. The smallest absolute Gasteiger partial charge is 0.337 e. The molecular weight excluding hydrogens is 459 g/mol. The standard InChI is InChI=1S/C25H28F3N5O2/c1-16-6-4-7-17(2)22(16)29-21(34)15-32-10-12-33(13-11-32)18(3)24-30-23(31-35-24)19-8-5-9-20(14-19)25(26,27)28/h4-9,14,18H,10-13,15H2,1-3H3,(H,29,34)/t18-/m1/s1. The number of piperazine rings is 1. The van der Waals surface area contributed by atoms with Gasteiger partial charge in [0.15, 0.2) is 0 Å². The number of rotatable bonds is 6. The molecule has 7 nitrogen and oxygen atoms in total. The van der Waals surface area contributed by atoms with Gasteiger partial charge in [-0.3, -0.25) is 14.6 Å². The fourth-order valence-electron chi connectivity index (χ4n) is 4.22. The molecular formula is C25H28F3N5O2. The topological polar surface area (TPSA) is 74.5 Å². The molecule has 0 spiro atoms.